The van der Waals surface area contributed by atoms with Crippen molar-refractivity contribution in [1.29, 1.82) is 0 Å². The Labute approximate surface area is 108 Å². The molecule has 1 aliphatic heterocycles. The molecule has 0 bridgehead atoms. The van der Waals surface area contributed by atoms with Crippen LogP contribution in [0.2, 0.25) is 0 Å². The number of nitrogens with zero attached hydrogens (tertiary/aromatic N) is 1. The summed E-state index contributed by atoms with van der Waals surface area (Å²) in [6.45, 7) is 3.94. The first-order valence-corrected chi connectivity index (χ1v) is 7.13. The van der Waals surface area contributed by atoms with E-state index in [1.54, 1.807) is 0 Å². The number of carboxylic acid groups (broad SMARTS) is 1. The molecule has 0 aromatic carbocycles. The van der Waals surface area contributed by atoms with Gasteiger partial charge in [-0.3, -0.25) is 9.59 Å². The summed E-state index contributed by atoms with van der Waals surface area (Å²) >= 11 is 0. The van der Waals surface area contributed by atoms with Crippen LogP contribution in [0.3, 0.4) is 0 Å². The van der Waals surface area contributed by atoms with Gasteiger partial charge in [0.05, 0.1) is 5.92 Å². The van der Waals surface area contributed by atoms with Gasteiger partial charge in [0.2, 0.25) is 5.91 Å². The number of carboxylic acids is 1. The third kappa shape index (κ3) is 2.85. The number of amides is 1. The minimum absolute atomic E-state index is 0.0377. The van der Waals surface area contributed by atoms with Crippen LogP contribution in [0.1, 0.15) is 45.4 Å². The van der Waals surface area contributed by atoms with Gasteiger partial charge in [-0.1, -0.05) is 13.3 Å². The standard InChI is InChI=1S/C14H23NO3/c1-2-10-5-7-15(8-6-10)13(16)11-3-4-12(9-11)14(17)18/h10-12H,2-9H2,1H3,(H,17,18). The molecule has 2 rings (SSSR count). The summed E-state index contributed by atoms with van der Waals surface area (Å²) in [5, 5.41) is 8.96. The second-order valence-corrected chi connectivity index (χ2v) is 5.72. The highest BCUT2D eigenvalue weighted by atomic mass is 16.4. The molecule has 1 N–H and O–H groups in total. The number of aliphatic carboxylic acids is 1. The van der Waals surface area contributed by atoms with Crippen molar-refractivity contribution in [3.8, 4) is 0 Å². The summed E-state index contributed by atoms with van der Waals surface area (Å²) in [5.74, 6) is -0.107. The zero-order valence-electron chi connectivity index (χ0n) is 11.1. The van der Waals surface area contributed by atoms with E-state index in [0.717, 1.165) is 38.3 Å². The van der Waals surface area contributed by atoms with Crippen LogP contribution in [0.4, 0.5) is 0 Å². The van der Waals surface area contributed by atoms with Gasteiger partial charge in [-0.2, -0.15) is 0 Å². The molecular formula is C14H23NO3. The summed E-state index contributed by atoms with van der Waals surface area (Å²) in [5.41, 5.74) is 0. The fraction of sp³-hybridized carbons (Fsp3) is 0.857. The first-order chi connectivity index (χ1) is 8.61. The van der Waals surface area contributed by atoms with E-state index in [-0.39, 0.29) is 17.7 Å². The van der Waals surface area contributed by atoms with Gasteiger partial charge in [0.15, 0.2) is 0 Å². The van der Waals surface area contributed by atoms with Crippen LogP contribution < -0.4 is 0 Å². The van der Waals surface area contributed by atoms with E-state index in [4.69, 9.17) is 5.11 Å². The van der Waals surface area contributed by atoms with Crippen LogP contribution in [-0.4, -0.2) is 35.0 Å². The molecule has 0 aromatic rings. The monoisotopic (exact) mass is 253 g/mol. The van der Waals surface area contributed by atoms with Gasteiger partial charge in [0.25, 0.3) is 0 Å². The van der Waals surface area contributed by atoms with Crippen molar-refractivity contribution in [1.82, 2.24) is 4.90 Å². The number of carbonyl (C=O) groups excluding carboxylic acids is 1. The van der Waals surface area contributed by atoms with Crippen LogP contribution in [0.25, 0.3) is 0 Å². The third-order valence-electron chi connectivity index (χ3n) is 4.63. The zero-order valence-corrected chi connectivity index (χ0v) is 11.1. The normalized spacial score (nSPS) is 29.5. The van der Waals surface area contributed by atoms with E-state index in [2.05, 4.69) is 6.92 Å². The highest BCUT2D eigenvalue weighted by Gasteiger charge is 2.36. The average Bonchev–Trinajstić information content (AvgIpc) is 2.88. The lowest BCUT2D eigenvalue weighted by Gasteiger charge is -2.33. The Morgan fingerprint density at radius 2 is 1.72 bits per heavy atom. The van der Waals surface area contributed by atoms with Crippen LogP contribution in [-0.2, 0) is 9.59 Å². The molecular weight excluding hydrogens is 230 g/mol. The first kappa shape index (κ1) is 13.4. The Bertz CT molecular complexity index is 321. The Hall–Kier alpha value is -1.06. The fourth-order valence-electron chi connectivity index (χ4n) is 3.25. The van der Waals surface area contributed by atoms with Crippen molar-refractivity contribution in [2.24, 2.45) is 17.8 Å². The second kappa shape index (κ2) is 5.72. The lowest BCUT2D eigenvalue weighted by molar-refractivity contribution is -0.141. The Morgan fingerprint density at radius 1 is 1.11 bits per heavy atom. The number of piperidine rings is 1. The van der Waals surface area contributed by atoms with Crippen LogP contribution in [0.15, 0.2) is 0 Å². The molecule has 1 aliphatic carbocycles. The van der Waals surface area contributed by atoms with Gasteiger partial charge in [-0.25, -0.2) is 0 Å². The molecule has 1 saturated carbocycles. The second-order valence-electron chi connectivity index (χ2n) is 5.72. The number of rotatable bonds is 3. The van der Waals surface area contributed by atoms with E-state index < -0.39 is 5.97 Å². The van der Waals surface area contributed by atoms with Gasteiger partial charge >= 0.3 is 5.97 Å². The summed E-state index contributed by atoms with van der Waals surface area (Å²) in [4.78, 5) is 25.2. The predicted molar refractivity (Wildman–Crippen MR) is 68.1 cm³/mol. The van der Waals surface area contributed by atoms with Gasteiger partial charge in [0.1, 0.15) is 0 Å². The molecule has 0 radical (unpaired) electrons. The molecule has 0 spiro atoms. The van der Waals surface area contributed by atoms with Crippen molar-refractivity contribution >= 4 is 11.9 Å². The molecule has 4 heteroatoms. The SMILES string of the molecule is CCC1CCN(C(=O)C2CCC(C(=O)O)C2)CC1. The van der Waals surface area contributed by atoms with Crippen LogP contribution >= 0.6 is 0 Å². The molecule has 18 heavy (non-hydrogen) atoms. The molecule has 0 aromatic heterocycles. The van der Waals surface area contributed by atoms with Crippen molar-refractivity contribution in [3.63, 3.8) is 0 Å². The molecule has 1 amide bonds. The van der Waals surface area contributed by atoms with Crippen LogP contribution in [0, 0.1) is 17.8 Å². The van der Waals surface area contributed by atoms with Crippen molar-refractivity contribution < 1.29 is 14.7 Å². The van der Waals surface area contributed by atoms with Gasteiger partial charge in [0, 0.05) is 19.0 Å². The molecule has 4 nitrogen and oxygen atoms in total. The number of hydrogen-bond acceptors (Lipinski definition) is 2. The number of likely N-dealkylation sites (tertiary alicyclic amines) is 1. The highest BCUT2D eigenvalue weighted by Crippen LogP contribution is 2.33. The quantitative estimate of drug-likeness (QED) is 0.838. The van der Waals surface area contributed by atoms with Gasteiger partial charge in [-0.05, 0) is 38.0 Å². The smallest absolute Gasteiger partial charge is 0.306 e. The van der Waals surface area contributed by atoms with Crippen LogP contribution in [0.5, 0.6) is 0 Å². The molecule has 2 aliphatic rings. The van der Waals surface area contributed by atoms with E-state index in [9.17, 15) is 9.59 Å². The van der Waals surface area contributed by atoms with Crippen molar-refractivity contribution in [2.75, 3.05) is 13.1 Å². The third-order valence-corrected chi connectivity index (χ3v) is 4.63. The lowest BCUT2D eigenvalue weighted by Crippen LogP contribution is -2.41. The topological polar surface area (TPSA) is 57.6 Å². The predicted octanol–water partition coefficient (Wildman–Crippen LogP) is 2.14. The maximum atomic E-state index is 12.3. The lowest BCUT2D eigenvalue weighted by atomic mass is 9.93. The Morgan fingerprint density at radius 3 is 2.22 bits per heavy atom. The fourth-order valence-corrected chi connectivity index (χ4v) is 3.25. The maximum Gasteiger partial charge on any atom is 0.306 e. The highest BCUT2D eigenvalue weighted by molar-refractivity contribution is 5.81. The average molecular weight is 253 g/mol. The molecule has 2 unspecified atom stereocenters. The van der Waals surface area contributed by atoms with Crippen molar-refractivity contribution in [3.05, 3.63) is 0 Å². The summed E-state index contributed by atoms with van der Waals surface area (Å²) in [6, 6.07) is 0. The van der Waals surface area contributed by atoms with E-state index >= 15 is 0 Å². The minimum atomic E-state index is -0.741. The maximum absolute atomic E-state index is 12.3. The zero-order chi connectivity index (χ0) is 13.1. The molecule has 2 fully saturated rings. The molecule has 2 atom stereocenters. The Balaban J connectivity index is 1.84. The van der Waals surface area contributed by atoms with Gasteiger partial charge in [-0.15, -0.1) is 0 Å². The van der Waals surface area contributed by atoms with E-state index in [1.165, 1.54) is 6.42 Å². The summed E-state index contributed by atoms with van der Waals surface area (Å²) < 4.78 is 0. The number of carbonyl (C=O) groups is 2. The largest absolute Gasteiger partial charge is 0.481 e. The minimum Gasteiger partial charge on any atom is -0.481 e. The summed E-state index contributed by atoms with van der Waals surface area (Å²) in [6.07, 6.45) is 5.38. The van der Waals surface area contributed by atoms with E-state index in [1.807, 2.05) is 4.90 Å². The number of hydrogen-bond donors (Lipinski definition) is 1. The molecule has 102 valence electrons. The Kier molecular flexibility index (Phi) is 4.25. The molecule has 1 heterocycles. The first-order valence-electron chi connectivity index (χ1n) is 7.13. The summed E-state index contributed by atoms with van der Waals surface area (Å²) in [7, 11) is 0. The molecule has 1 saturated heterocycles. The van der Waals surface area contributed by atoms with E-state index in [0.29, 0.717) is 12.8 Å². The van der Waals surface area contributed by atoms with Gasteiger partial charge < -0.3 is 10.0 Å². The van der Waals surface area contributed by atoms with Crippen molar-refractivity contribution in [2.45, 2.75) is 45.4 Å².